The summed E-state index contributed by atoms with van der Waals surface area (Å²) < 4.78 is 0. The Morgan fingerprint density at radius 2 is 1.90 bits per heavy atom. The van der Waals surface area contributed by atoms with Crippen LogP contribution in [0.15, 0.2) is 5.03 Å². The summed E-state index contributed by atoms with van der Waals surface area (Å²) in [5, 5.41) is 10.1. The molecule has 0 aromatic carbocycles. The van der Waals surface area contributed by atoms with Gasteiger partial charge in [0.2, 0.25) is 0 Å². The molecule has 4 nitrogen and oxygen atoms in total. The highest BCUT2D eigenvalue weighted by molar-refractivity contribution is 7.99. The molecule has 5 heteroatoms. The lowest BCUT2D eigenvalue weighted by Gasteiger charge is -2.21. The molecule has 0 radical (unpaired) electrons. The number of aryl methyl sites for hydroxylation is 1. The Bertz CT molecular complexity index is 537. The molecule has 2 fully saturated rings. The molecule has 1 N–H and O–H groups in total. The van der Waals surface area contributed by atoms with Crippen LogP contribution in [0.2, 0.25) is 0 Å². The molecule has 0 atom stereocenters. The van der Waals surface area contributed by atoms with Gasteiger partial charge < -0.3 is 5.11 Å². The fourth-order valence-electron chi connectivity index (χ4n) is 2.99. The smallest absolute Gasteiger partial charge is 0.340 e. The number of hydrogen-bond donors (Lipinski definition) is 1. The Balaban J connectivity index is 1.78. The molecule has 0 unspecified atom stereocenters. The summed E-state index contributed by atoms with van der Waals surface area (Å²) in [5.41, 5.74) is 0.922. The Labute approximate surface area is 129 Å². The van der Waals surface area contributed by atoms with Crippen molar-refractivity contribution < 1.29 is 9.90 Å². The van der Waals surface area contributed by atoms with Gasteiger partial charge in [0.05, 0.1) is 5.69 Å². The summed E-state index contributed by atoms with van der Waals surface area (Å²) in [5.74, 6) is 2.11. The van der Waals surface area contributed by atoms with E-state index in [4.69, 9.17) is 0 Å². The molecule has 2 aliphatic carbocycles. The van der Waals surface area contributed by atoms with E-state index in [2.05, 4.69) is 9.97 Å². The molecular formula is C16H22N2O2S. The molecular weight excluding hydrogens is 284 g/mol. The number of carboxylic acids is 1. The molecule has 0 spiro atoms. The molecule has 0 bridgehead atoms. The van der Waals surface area contributed by atoms with Crippen molar-refractivity contribution in [1.82, 2.24) is 9.97 Å². The lowest BCUT2D eigenvalue weighted by molar-refractivity contribution is 0.0690. The fourth-order valence-corrected chi connectivity index (χ4v) is 4.26. The van der Waals surface area contributed by atoms with E-state index in [1.54, 1.807) is 18.7 Å². The van der Waals surface area contributed by atoms with Crippen LogP contribution in [0.4, 0.5) is 0 Å². The van der Waals surface area contributed by atoms with Gasteiger partial charge in [0.25, 0.3) is 0 Å². The number of rotatable bonds is 5. The van der Waals surface area contributed by atoms with Crippen molar-refractivity contribution in [3.63, 3.8) is 0 Å². The van der Waals surface area contributed by atoms with Crippen molar-refractivity contribution in [3.8, 4) is 0 Å². The number of hydrogen-bond acceptors (Lipinski definition) is 4. The summed E-state index contributed by atoms with van der Waals surface area (Å²) in [6, 6.07) is 0. The van der Waals surface area contributed by atoms with Crippen LogP contribution in [-0.2, 0) is 0 Å². The zero-order valence-corrected chi connectivity index (χ0v) is 13.3. The maximum absolute atomic E-state index is 11.5. The minimum absolute atomic E-state index is 0.306. The van der Waals surface area contributed by atoms with Crippen LogP contribution >= 0.6 is 11.8 Å². The predicted molar refractivity (Wildman–Crippen MR) is 83.0 cm³/mol. The van der Waals surface area contributed by atoms with Crippen molar-refractivity contribution in [3.05, 3.63) is 17.1 Å². The van der Waals surface area contributed by atoms with E-state index < -0.39 is 5.97 Å². The molecule has 1 aromatic rings. The van der Waals surface area contributed by atoms with E-state index in [1.807, 2.05) is 0 Å². The first-order chi connectivity index (χ1) is 10.1. The van der Waals surface area contributed by atoms with Crippen molar-refractivity contribution in [1.29, 1.82) is 0 Å². The lowest BCUT2D eigenvalue weighted by atomic mass is 9.91. The third kappa shape index (κ3) is 3.57. The van der Waals surface area contributed by atoms with Crippen molar-refractivity contribution in [2.45, 2.75) is 62.8 Å². The Hall–Kier alpha value is -1.10. The molecule has 114 valence electrons. The third-order valence-electron chi connectivity index (χ3n) is 4.41. The fraction of sp³-hybridized carbons (Fsp3) is 0.688. The van der Waals surface area contributed by atoms with E-state index in [-0.39, 0.29) is 0 Å². The van der Waals surface area contributed by atoms with Gasteiger partial charge in [-0.25, -0.2) is 14.8 Å². The Morgan fingerprint density at radius 3 is 2.52 bits per heavy atom. The molecule has 1 aromatic heterocycles. The van der Waals surface area contributed by atoms with Crippen LogP contribution in [0.1, 0.15) is 72.7 Å². The minimum atomic E-state index is -0.902. The average molecular weight is 306 g/mol. The second-order valence-corrected chi connectivity index (χ2v) is 7.25. The maximum atomic E-state index is 11.5. The van der Waals surface area contributed by atoms with Gasteiger partial charge in [0, 0.05) is 11.7 Å². The van der Waals surface area contributed by atoms with E-state index in [0.29, 0.717) is 28.1 Å². The average Bonchev–Trinajstić information content (AvgIpc) is 3.29. The number of aromatic carboxylic acids is 1. The van der Waals surface area contributed by atoms with E-state index >= 15 is 0 Å². The van der Waals surface area contributed by atoms with Gasteiger partial charge in [0.1, 0.15) is 16.4 Å². The zero-order chi connectivity index (χ0) is 14.8. The molecule has 1 heterocycles. The lowest BCUT2D eigenvalue weighted by Crippen LogP contribution is -2.12. The predicted octanol–water partition coefficient (Wildman–Crippen LogP) is 4.03. The van der Waals surface area contributed by atoms with E-state index in [1.165, 1.54) is 32.1 Å². The normalized spacial score (nSPS) is 19.7. The number of carbonyl (C=O) groups is 1. The van der Waals surface area contributed by atoms with Crippen LogP contribution in [-0.4, -0.2) is 26.8 Å². The van der Waals surface area contributed by atoms with Gasteiger partial charge >= 0.3 is 5.97 Å². The van der Waals surface area contributed by atoms with Gasteiger partial charge in [-0.1, -0.05) is 19.3 Å². The topological polar surface area (TPSA) is 63.1 Å². The van der Waals surface area contributed by atoms with Crippen LogP contribution in [0.25, 0.3) is 0 Å². The van der Waals surface area contributed by atoms with Gasteiger partial charge in [-0.2, -0.15) is 0 Å². The minimum Gasteiger partial charge on any atom is -0.478 e. The second-order valence-electron chi connectivity index (χ2n) is 6.24. The SMILES string of the molecule is Cc1nc(C2CC2)nc(SCC2CCCCC2)c1C(=O)O. The van der Waals surface area contributed by atoms with Crippen LogP contribution in [0.3, 0.4) is 0 Å². The first kappa shape index (κ1) is 14.8. The van der Waals surface area contributed by atoms with Gasteiger partial charge in [-0.05, 0) is 38.5 Å². The first-order valence-electron chi connectivity index (χ1n) is 7.89. The maximum Gasteiger partial charge on any atom is 0.340 e. The summed E-state index contributed by atoms with van der Waals surface area (Å²) in [6.07, 6.45) is 8.79. The van der Waals surface area contributed by atoms with Gasteiger partial charge in [0.15, 0.2) is 0 Å². The molecule has 0 amide bonds. The summed E-state index contributed by atoms with van der Waals surface area (Å²) in [4.78, 5) is 20.5. The molecule has 2 aliphatic rings. The van der Waals surface area contributed by atoms with E-state index in [0.717, 1.165) is 24.4 Å². The monoisotopic (exact) mass is 306 g/mol. The van der Waals surface area contributed by atoms with Gasteiger partial charge in [-0.3, -0.25) is 0 Å². The Kier molecular flexibility index (Phi) is 4.48. The van der Waals surface area contributed by atoms with Crippen LogP contribution in [0, 0.1) is 12.8 Å². The number of nitrogens with zero attached hydrogens (tertiary/aromatic N) is 2. The largest absolute Gasteiger partial charge is 0.478 e. The quantitative estimate of drug-likeness (QED) is 0.657. The first-order valence-corrected chi connectivity index (χ1v) is 8.88. The highest BCUT2D eigenvalue weighted by Crippen LogP contribution is 2.40. The third-order valence-corrected chi connectivity index (χ3v) is 5.62. The standard InChI is InChI=1S/C16H22N2O2S/c1-10-13(16(19)20)15(18-14(17-10)12-7-8-12)21-9-11-5-3-2-4-6-11/h11-12H,2-9H2,1H3,(H,19,20). The number of aromatic nitrogens is 2. The Morgan fingerprint density at radius 1 is 1.19 bits per heavy atom. The molecule has 2 saturated carbocycles. The molecule has 21 heavy (non-hydrogen) atoms. The van der Waals surface area contributed by atoms with Gasteiger partial charge in [-0.15, -0.1) is 11.8 Å². The second kappa shape index (κ2) is 6.34. The summed E-state index contributed by atoms with van der Waals surface area (Å²) in [6.45, 7) is 1.79. The summed E-state index contributed by atoms with van der Waals surface area (Å²) in [7, 11) is 0. The molecule has 0 aliphatic heterocycles. The van der Waals surface area contributed by atoms with E-state index in [9.17, 15) is 9.90 Å². The van der Waals surface area contributed by atoms with Crippen molar-refractivity contribution in [2.24, 2.45) is 5.92 Å². The molecule has 0 saturated heterocycles. The zero-order valence-electron chi connectivity index (χ0n) is 12.5. The molecule has 3 rings (SSSR count). The summed E-state index contributed by atoms with van der Waals surface area (Å²) >= 11 is 1.62. The number of thioether (sulfide) groups is 1. The van der Waals surface area contributed by atoms with Crippen LogP contribution in [0.5, 0.6) is 0 Å². The highest BCUT2D eigenvalue weighted by Gasteiger charge is 2.29. The van der Waals surface area contributed by atoms with Crippen molar-refractivity contribution in [2.75, 3.05) is 5.75 Å². The number of carboxylic acid groups (broad SMARTS) is 1. The highest BCUT2D eigenvalue weighted by atomic mass is 32.2. The van der Waals surface area contributed by atoms with Crippen LogP contribution < -0.4 is 0 Å². The van der Waals surface area contributed by atoms with Crippen molar-refractivity contribution >= 4 is 17.7 Å².